The minimum atomic E-state index is -2.97. The zero-order chi connectivity index (χ0) is 13.3. The molecule has 0 aliphatic carbocycles. The monoisotopic (exact) mass is 281 g/mol. The van der Waals surface area contributed by atoms with Crippen molar-refractivity contribution in [2.24, 2.45) is 5.41 Å². The third-order valence-corrected chi connectivity index (χ3v) is 4.71. The Labute approximate surface area is 108 Å². The maximum absolute atomic E-state index is 11.8. The highest BCUT2D eigenvalue weighted by Crippen LogP contribution is 2.23. The van der Waals surface area contributed by atoms with Crippen LogP contribution in [-0.2, 0) is 14.6 Å². The van der Waals surface area contributed by atoms with Crippen molar-refractivity contribution < 1.29 is 13.2 Å². The number of amides is 1. The summed E-state index contributed by atoms with van der Waals surface area (Å²) in [7, 11) is -2.97. The van der Waals surface area contributed by atoms with E-state index in [1.807, 2.05) is 20.8 Å². The molecule has 1 rings (SSSR count). The average Bonchev–Trinajstić information content (AvgIpc) is 2.52. The molecule has 17 heavy (non-hydrogen) atoms. The fourth-order valence-electron chi connectivity index (χ4n) is 2.03. The Morgan fingerprint density at radius 2 is 2.00 bits per heavy atom. The zero-order valence-electron chi connectivity index (χ0n) is 10.6. The van der Waals surface area contributed by atoms with E-state index in [4.69, 9.17) is 11.6 Å². The molecule has 4 nitrogen and oxygen atoms in total. The molecule has 1 saturated heterocycles. The predicted molar refractivity (Wildman–Crippen MR) is 68.9 cm³/mol. The molecule has 0 unspecified atom stereocenters. The van der Waals surface area contributed by atoms with Gasteiger partial charge in [0.2, 0.25) is 5.91 Å². The van der Waals surface area contributed by atoms with Crippen LogP contribution >= 0.6 is 11.6 Å². The minimum Gasteiger partial charge on any atom is -0.337 e. The second-order valence-corrected chi connectivity index (χ2v) is 8.27. The van der Waals surface area contributed by atoms with Gasteiger partial charge >= 0.3 is 0 Å². The number of rotatable bonds is 3. The largest absolute Gasteiger partial charge is 0.337 e. The lowest BCUT2D eigenvalue weighted by atomic mass is 9.95. The van der Waals surface area contributed by atoms with E-state index in [0.717, 1.165) is 0 Å². The molecule has 0 N–H and O–H groups in total. The van der Waals surface area contributed by atoms with Gasteiger partial charge in [0.05, 0.1) is 11.5 Å². The molecule has 0 radical (unpaired) electrons. The van der Waals surface area contributed by atoms with Crippen molar-refractivity contribution in [2.75, 3.05) is 23.9 Å². The Morgan fingerprint density at radius 1 is 1.41 bits per heavy atom. The Morgan fingerprint density at radius 3 is 2.35 bits per heavy atom. The van der Waals surface area contributed by atoms with Crippen LogP contribution in [0.3, 0.4) is 0 Å². The highest BCUT2D eigenvalue weighted by Gasteiger charge is 2.35. The molecule has 1 aliphatic heterocycles. The van der Waals surface area contributed by atoms with Crippen molar-refractivity contribution in [1.29, 1.82) is 0 Å². The van der Waals surface area contributed by atoms with Crippen LogP contribution in [0.5, 0.6) is 0 Å². The maximum atomic E-state index is 11.8. The number of carbonyl (C=O) groups excluding carboxylic acids is 1. The van der Waals surface area contributed by atoms with E-state index in [9.17, 15) is 13.2 Å². The SMILES string of the molecule is CC(C)(C)CN(C(=O)CCl)[C@H]1CCS(=O)(=O)C1. The van der Waals surface area contributed by atoms with Crippen LogP contribution in [0.15, 0.2) is 0 Å². The van der Waals surface area contributed by atoms with Crippen LogP contribution in [0.25, 0.3) is 0 Å². The fraction of sp³-hybridized carbons (Fsp3) is 0.909. The van der Waals surface area contributed by atoms with E-state index in [1.54, 1.807) is 4.90 Å². The van der Waals surface area contributed by atoms with Gasteiger partial charge in [-0.1, -0.05) is 20.8 Å². The molecule has 1 atom stereocenters. The van der Waals surface area contributed by atoms with Crippen molar-refractivity contribution in [2.45, 2.75) is 33.2 Å². The molecular weight excluding hydrogens is 262 g/mol. The Bertz CT molecular complexity index is 386. The van der Waals surface area contributed by atoms with E-state index in [2.05, 4.69) is 0 Å². The molecule has 0 aromatic rings. The van der Waals surface area contributed by atoms with Crippen LogP contribution in [0.1, 0.15) is 27.2 Å². The fourth-order valence-corrected chi connectivity index (χ4v) is 3.91. The quantitative estimate of drug-likeness (QED) is 0.733. The first-order valence-corrected chi connectivity index (χ1v) is 8.06. The molecule has 0 aromatic heterocycles. The second kappa shape index (κ2) is 5.14. The highest BCUT2D eigenvalue weighted by atomic mass is 35.5. The normalized spacial score (nSPS) is 23.6. The van der Waals surface area contributed by atoms with Crippen molar-refractivity contribution in [3.8, 4) is 0 Å². The molecule has 0 bridgehead atoms. The summed E-state index contributed by atoms with van der Waals surface area (Å²) in [6, 6.07) is -0.203. The van der Waals surface area contributed by atoms with Crippen molar-refractivity contribution in [3.63, 3.8) is 0 Å². The molecule has 0 aromatic carbocycles. The van der Waals surface area contributed by atoms with Crippen LogP contribution in [0.4, 0.5) is 0 Å². The molecule has 6 heteroatoms. The minimum absolute atomic E-state index is 0.0614. The summed E-state index contributed by atoms with van der Waals surface area (Å²) < 4.78 is 22.9. The van der Waals surface area contributed by atoms with Gasteiger partial charge in [0.1, 0.15) is 5.88 Å². The van der Waals surface area contributed by atoms with Gasteiger partial charge in [0.25, 0.3) is 0 Å². The van der Waals surface area contributed by atoms with Crippen molar-refractivity contribution in [3.05, 3.63) is 0 Å². The maximum Gasteiger partial charge on any atom is 0.237 e. The van der Waals surface area contributed by atoms with Gasteiger partial charge in [-0.2, -0.15) is 0 Å². The lowest BCUT2D eigenvalue weighted by molar-refractivity contribution is -0.131. The molecule has 1 aliphatic rings. The third-order valence-electron chi connectivity index (χ3n) is 2.73. The number of hydrogen-bond acceptors (Lipinski definition) is 3. The Balaban J connectivity index is 2.81. The van der Waals surface area contributed by atoms with E-state index in [0.29, 0.717) is 13.0 Å². The van der Waals surface area contributed by atoms with Gasteiger partial charge in [0.15, 0.2) is 9.84 Å². The number of hydrogen-bond donors (Lipinski definition) is 0. The number of halogens is 1. The van der Waals surface area contributed by atoms with Gasteiger partial charge in [-0.3, -0.25) is 4.79 Å². The highest BCUT2D eigenvalue weighted by molar-refractivity contribution is 7.91. The van der Waals surface area contributed by atoms with Gasteiger partial charge in [0, 0.05) is 12.6 Å². The first-order chi connectivity index (χ1) is 7.64. The lowest BCUT2D eigenvalue weighted by Crippen LogP contribution is -2.46. The summed E-state index contributed by atoms with van der Waals surface area (Å²) in [5.41, 5.74) is -0.0614. The van der Waals surface area contributed by atoms with E-state index in [-0.39, 0.29) is 34.7 Å². The molecule has 1 fully saturated rings. The van der Waals surface area contributed by atoms with Crippen LogP contribution in [-0.4, -0.2) is 49.2 Å². The van der Waals surface area contributed by atoms with Gasteiger partial charge < -0.3 is 4.90 Å². The molecule has 1 heterocycles. The molecule has 100 valence electrons. The Kier molecular flexibility index (Phi) is 4.47. The third kappa shape index (κ3) is 4.47. The lowest BCUT2D eigenvalue weighted by Gasteiger charge is -2.33. The van der Waals surface area contributed by atoms with Crippen molar-refractivity contribution >= 4 is 27.3 Å². The summed E-state index contributed by atoms with van der Waals surface area (Å²) in [6.07, 6.45) is 0.529. The smallest absolute Gasteiger partial charge is 0.237 e. The molecule has 0 saturated carbocycles. The molecular formula is C11H20ClNO3S. The van der Waals surface area contributed by atoms with Crippen molar-refractivity contribution in [1.82, 2.24) is 4.90 Å². The van der Waals surface area contributed by atoms with Crippen LogP contribution < -0.4 is 0 Å². The first kappa shape index (κ1) is 14.8. The summed E-state index contributed by atoms with van der Waals surface area (Å²) in [6.45, 7) is 6.60. The van der Waals surface area contributed by atoms with E-state index in [1.165, 1.54) is 0 Å². The summed E-state index contributed by atoms with van der Waals surface area (Å²) >= 11 is 5.58. The van der Waals surface area contributed by atoms with E-state index < -0.39 is 9.84 Å². The number of carbonyl (C=O) groups is 1. The zero-order valence-corrected chi connectivity index (χ0v) is 12.1. The van der Waals surface area contributed by atoms with E-state index >= 15 is 0 Å². The number of sulfone groups is 1. The van der Waals surface area contributed by atoms with Gasteiger partial charge in [-0.05, 0) is 11.8 Å². The van der Waals surface area contributed by atoms with Crippen LogP contribution in [0, 0.1) is 5.41 Å². The first-order valence-electron chi connectivity index (χ1n) is 5.70. The number of alkyl halides is 1. The number of nitrogens with zero attached hydrogens (tertiary/aromatic N) is 1. The Hall–Kier alpha value is -0.290. The second-order valence-electron chi connectivity index (χ2n) is 5.77. The summed E-state index contributed by atoms with van der Waals surface area (Å²) in [4.78, 5) is 13.4. The summed E-state index contributed by atoms with van der Waals surface area (Å²) in [5.74, 6) is -0.0182. The predicted octanol–water partition coefficient (Wildman–Crippen LogP) is 1.29. The van der Waals surface area contributed by atoms with Gasteiger partial charge in [-0.15, -0.1) is 11.6 Å². The topological polar surface area (TPSA) is 54.5 Å². The average molecular weight is 282 g/mol. The van der Waals surface area contributed by atoms with Gasteiger partial charge in [-0.25, -0.2) is 8.42 Å². The molecule has 1 amide bonds. The summed E-state index contributed by atoms with van der Waals surface area (Å²) in [5, 5.41) is 0. The van der Waals surface area contributed by atoms with Crippen LogP contribution in [0.2, 0.25) is 0 Å². The standard InChI is InChI=1S/C11H20ClNO3S/c1-11(2,3)8-13(10(14)6-12)9-4-5-17(15,16)7-9/h9H,4-8H2,1-3H3/t9-/m0/s1. The molecule has 0 spiro atoms.